The van der Waals surface area contributed by atoms with E-state index in [-0.39, 0.29) is 24.3 Å². The Bertz CT molecular complexity index is 621. The number of amides is 1. The fourth-order valence-electron chi connectivity index (χ4n) is 2.06. The predicted molar refractivity (Wildman–Crippen MR) is 86.3 cm³/mol. The lowest BCUT2D eigenvalue weighted by atomic mass is 10.1. The molecule has 3 N–H and O–H groups in total. The molecule has 2 aromatic carbocycles. The molecule has 0 aliphatic carbocycles. The van der Waals surface area contributed by atoms with Crippen LogP contribution in [0.4, 0.5) is 0 Å². The molecule has 4 heteroatoms. The van der Waals surface area contributed by atoms with E-state index in [1.54, 1.807) is 30.3 Å². The van der Waals surface area contributed by atoms with Gasteiger partial charge < -0.3 is 15.5 Å². The smallest absolute Gasteiger partial charge is 0.244 e. The van der Waals surface area contributed by atoms with Gasteiger partial charge in [-0.15, -0.1) is 0 Å². The van der Waals surface area contributed by atoms with Crippen molar-refractivity contribution in [2.24, 2.45) is 0 Å². The molecule has 0 bridgehead atoms. The van der Waals surface area contributed by atoms with E-state index in [0.717, 1.165) is 11.1 Å². The molecule has 0 saturated heterocycles. The summed E-state index contributed by atoms with van der Waals surface area (Å²) in [7, 11) is 0. The third-order valence-electron chi connectivity index (χ3n) is 3.21. The second kappa shape index (κ2) is 8.00. The van der Waals surface area contributed by atoms with Crippen molar-refractivity contribution in [2.75, 3.05) is 6.61 Å². The molecule has 2 aromatic rings. The number of phenols is 1. The van der Waals surface area contributed by atoms with Gasteiger partial charge in [-0.1, -0.05) is 42.5 Å². The van der Waals surface area contributed by atoms with Crippen molar-refractivity contribution in [1.29, 1.82) is 0 Å². The molecule has 0 aliphatic rings. The third kappa shape index (κ3) is 5.07. The van der Waals surface area contributed by atoms with Crippen LogP contribution in [-0.4, -0.2) is 28.8 Å². The van der Waals surface area contributed by atoms with Crippen LogP contribution in [0, 0.1) is 0 Å². The molecule has 0 saturated carbocycles. The van der Waals surface area contributed by atoms with Gasteiger partial charge in [0.05, 0.1) is 12.6 Å². The second-order valence-electron chi connectivity index (χ2n) is 5.00. The van der Waals surface area contributed by atoms with Gasteiger partial charge in [-0.05, 0) is 35.8 Å². The summed E-state index contributed by atoms with van der Waals surface area (Å²) in [5.74, 6) is -0.0548. The Labute approximate surface area is 129 Å². The minimum Gasteiger partial charge on any atom is -0.508 e. The zero-order valence-electron chi connectivity index (χ0n) is 12.1. The maximum atomic E-state index is 11.9. The van der Waals surface area contributed by atoms with E-state index >= 15 is 0 Å². The summed E-state index contributed by atoms with van der Waals surface area (Å²) in [5, 5.41) is 21.4. The van der Waals surface area contributed by atoms with Crippen molar-refractivity contribution in [3.8, 4) is 5.75 Å². The number of aromatic hydroxyl groups is 1. The monoisotopic (exact) mass is 297 g/mol. The van der Waals surface area contributed by atoms with Crippen LogP contribution in [0.5, 0.6) is 5.75 Å². The fraction of sp³-hybridized carbons (Fsp3) is 0.167. The highest BCUT2D eigenvalue weighted by molar-refractivity contribution is 5.91. The number of hydrogen-bond acceptors (Lipinski definition) is 3. The van der Waals surface area contributed by atoms with Gasteiger partial charge >= 0.3 is 0 Å². The van der Waals surface area contributed by atoms with Gasteiger partial charge in [0.2, 0.25) is 5.91 Å². The van der Waals surface area contributed by atoms with Crippen LogP contribution in [0.25, 0.3) is 6.08 Å². The Kier molecular flexibility index (Phi) is 5.74. The van der Waals surface area contributed by atoms with Crippen LogP contribution in [-0.2, 0) is 11.2 Å². The first-order valence-electron chi connectivity index (χ1n) is 7.10. The molecule has 0 fully saturated rings. The molecule has 0 heterocycles. The Morgan fingerprint density at radius 1 is 1.09 bits per heavy atom. The van der Waals surface area contributed by atoms with E-state index in [0.29, 0.717) is 6.42 Å². The molecule has 0 aromatic heterocycles. The van der Waals surface area contributed by atoms with Gasteiger partial charge in [0, 0.05) is 6.08 Å². The third-order valence-corrected chi connectivity index (χ3v) is 3.21. The Hall–Kier alpha value is -2.59. The van der Waals surface area contributed by atoms with Crippen LogP contribution in [0.2, 0.25) is 0 Å². The van der Waals surface area contributed by atoms with Crippen molar-refractivity contribution in [3.63, 3.8) is 0 Å². The Morgan fingerprint density at radius 3 is 2.41 bits per heavy atom. The van der Waals surface area contributed by atoms with E-state index < -0.39 is 0 Å². The molecule has 0 spiro atoms. The van der Waals surface area contributed by atoms with E-state index in [2.05, 4.69) is 5.32 Å². The van der Waals surface area contributed by atoms with E-state index in [4.69, 9.17) is 0 Å². The summed E-state index contributed by atoms with van der Waals surface area (Å²) in [4.78, 5) is 11.9. The zero-order chi connectivity index (χ0) is 15.8. The highest BCUT2D eigenvalue weighted by Crippen LogP contribution is 2.11. The molecule has 0 unspecified atom stereocenters. The quantitative estimate of drug-likeness (QED) is 0.715. The van der Waals surface area contributed by atoms with Gasteiger partial charge in [0.15, 0.2) is 0 Å². The summed E-state index contributed by atoms with van der Waals surface area (Å²) in [6.45, 7) is -0.147. The average molecular weight is 297 g/mol. The highest BCUT2D eigenvalue weighted by Gasteiger charge is 2.10. The van der Waals surface area contributed by atoms with E-state index in [1.807, 2.05) is 30.3 Å². The lowest BCUT2D eigenvalue weighted by Gasteiger charge is -2.15. The molecular weight excluding hydrogens is 278 g/mol. The number of carbonyl (C=O) groups is 1. The first-order valence-corrected chi connectivity index (χ1v) is 7.10. The lowest BCUT2D eigenvalue weighted by Crippen LogP contribution is -2.38. The molecule has 1 atom stereocenters. The lowest BCUT2D eigenvalue weighted by molar-refractivity contribution is -0.117. The van der Waals surface area contributed by atoms with Crippen molar-refractivity contribution < 1.29 is 15.0 Å². The summed E-state index contributed by atoms with van der Waals surface area (Å²) in [6.07, 6.45) is 3.68. The molecule has 22 heavy (non-hydrogen) atoms. The van der Waals surface area contributed by atoms with Crippen LogP contribution in [0.15, 0.2) is 60.7 Å². The summed E-state index contributed by atoms with van der Waals surface area (Å²) in [5.41, 5.74) is 1.88. The highest BCUT2D eigenvalue weighted by atomic mass is 16.3. The molecular formula is C18H19NO3. The zero-order valence-corrected chi connectivity index (χ0v) is 12.1. The van der Waals surface area contributed by atoms with Crippen LogP contribution < -0.4 is 5.32 Å². The number of aliphatic hydroxyl groups excluding tert-OH is 1. The molecule has 4 nitrogen and oxygen atoms in total. The minimum absolute atomic E-state index is 0.147. The van der Waals surface area contributed by atoms with Crippen molar-refractivity contribution >= 4 is 12.0 Å². The number of nitrogens with one attached hydrogen (secondary N) is 1. The van der Waals surface area contributed by atoms with Crippen molar-refractivity contribution in [1.82, 2.24) is 5.32 Å². The molecule has 0 radical (unpaired) electrons. The Balaban J connectivity index is 1.90. The first kappa shape index (κ1) is 15.8. The van der Waals surface area contributed by atoms with E-state index in [1.165, 1.54) is 6.08 Å². The molecule has 2 rings (SSSR count). The predicted octanol–water partition coefficient (Wildman–Crippen LogP) is 2.13. The van der Waals surface area contributed by atoms with Crippen LogP contribution in [0.3, 0.4) is 0 Å². The molecule has 114 valence electrons. The number of benzene rings is 2. The van der Waals surface area contributed by atoms with Crippen LogP contribution >= 0.6 is 0 Å². The van der Waals surface area contributed by atoms with Gasteiger partial charge in [-0.2, -0.15) is 0 Å². The second-order valence-corrected chi connectivity index (χ2v) is 5.00. The topological polar surface area (TPSA) is 69.6 Å². The van der Waals surface area contributed by atoms with Crippen molar-refractivity contribution in [3.05, 3.63) is 71.8 Å². The first-order chi connectivity index (χ1) is 10.7. The standard InChI is InChI=1S/C18H19NO3/c20-13-16(12-15-6-9-17(21)10-7-15)19-18(22)11-8-14-4-2-1-3-5-14/h1-11,16,20-21H,12-13H2,(H,19,22)/b11-8+/t16-/m0/s1. The van der Waals surface area contributed by atoms with E-state index in [9.17, 15) is 15.0 Å². The summed E-state index contributed by atoms with van der Waals surface area (Å²) in [6, 6.07) is 15.9. The van der Waals surface area contributed by atoms with Gasteiger partial charge in [-0.25, -0.2) is 0 Å². The number of carbonyl (C=O) groups excluding carboxylic acids is 1. The number of rotatable bonds is 6. The Morgan fingerprint density at radius 2 is 1.77 bits per heavy atom. The summed E-state index contributed by atoms with van der Waals surface area (Å²) >= 11 is 0. The average Bonchev–Trinajstić information content (AvgIpc) is 2.55. The van der Waals surface area contributed by atoms with Gasteiger partial charge in [-0.3, -0.25) is 4.79 Å². The molecule has 1 amide bonds. The SMILES string of the molecule is O=C(/C=C/c1ccccc1)N[C@H](CO)Cc1ccc(O)cc1. The maximum Gasteiger partial charge on any atom is 0.244 e. The van der Waals surface area contributed by atoms with Crippen LogP contribution in [0.1, 0.15) is 11.1 Å². The van der Waals surface area contributed by atoms with Gasteiger partial charge in [0.25, 0.3) is 0 Å². The summed E-state index contributed by atoms with van der Waals surface area (Å²) < 4.78 is 0. The molecule has 0 aliphatic heterocycles. The maximum absolute atomic E-state index is 11.9. The number of hydrogen-bond donors (Lipinski definition) is 3. The van der Waals surface area contributed by atoms with Gasteiger partial charge in [0.1, 0.15) is 5.75 Å². The fourth-order valence-corrected chi connectivity index (χ4v) is 2.06. The largest absolute Gasteiger partial charge is 0.508 e. The minimum atomic E-state index is -0.363. The van der Waals surface area contributed by atoms with Crippen molar-refractivity contribution in [2.45, 2.75) is 12.5 Å². The normalized spacial score (nSPS) is 12.2. The number of aliphatic hydroxyl groups is 1. The number of phenolic OH excluding ortho intramolecular Hbond substituents is 1.